The molecule has 3 aromatic rings. The zero-order valence-corrected chi connectivity index (χ0v) is 18.9. The van der Waals surface area contributed by atoms with E-state index in [-0.39, 0.29) is 12.6 Å². The number of urea groups is 1. The quantitative estimate of drug-likeness (QED) is 0.570. The molecular formula is C23H26ClN5O3. The summed E-state index contributed by atoms with van der Waals surface area (Å²) in [6.45, 7) is 1.05. The topological polar surface area (TPSA) is 81.5 Å². The molecule has 2 heterocycles. The van der Waals surface area contributed by atoms with Crippen LogP contribution in [0.1, 0.15) is 30.9 Å². The van der Waals surface area contributed by atoms with Gasteiger partial charge >= 0.3 is 6.03 Å². The Labute approximate surface area is 192 Å². The summed E-state index contributed by atoms with van der Waals surface area (Å²) in [4.78, 5) is 19.6. The average Bonchev–Trinajstić information content (AvgIpc) is 3.06. The van der Waals surface area contributed by atoms with Crippen molar-refractivity contribution >= 4 is 29.0 Å². The minimum absolute atomic E-state index is 0.200. The highest BCUT2D eigenvalue weighted by atomic mass is 35.5. The Kier molecular flexibility index (Phi) is 6.80. The number of nitrogens with zero attached hydrogens (tertiary/aromatic N) is 4. The molecule has 1 aliphatic rings. The van der Waals surface area contributed by atoms with Gasteiger partial charge in [-0.25, -0.2) is 14.5 Å². The third kappa shape index (κ3) is 4.80. The third-order valence-electron chi connectivity index (χ3n) is 5.40. The van der Waals surface area contributed by atoms with Crippen LogP contribution in [0.3, 0.4) is 0 Å². The summed E-state index contributed by atoms with van der Waals surface area (Å²) in [7, 11) is 3.13. The number of methoxy groups -OCH3 is 2. The summed E-state index contributed by atoms with van der Waals surface area (Å²) in [5, 5.41) is 8.01. The molecule has 2 aromatic carbocycles. The second-order valence-electron chi connectivity index (χ2n) is 7.51. The monoisotopic (exact) mass is 455 g/mol. The molecule has 0 fully saturated rings. The molecule has 2 amide bonds. The van der Waals surface area contributed by atoms with Gasteiger partial charge in [-0.3, -0.25) is 4.90 Å². The van der Waals surface area contributed by atoms with Crippen LogP contribution in [0.15, 0.2) is 42.5 Å². The molecule has 0 bridgehead atoms. The first kappa shape index (κ1) is 22.0. The molecular weight excluding hydrogens is 430 g/mol. The fourth-order valence-electron chi connectivity index (χ4n) is 3.74. The molecule has 32 heavy (non-hydrogen) atoms. The van der Waals surface area contributed by atoms with Crippen molar-refractivity contribution < 1.29 is 14.3 Å². The van der Waals surface area contributed by atoms with Gasteiger partial charge in [0.1, 0.15) is 5.82 Å². The second-order valence-corrected chi connectivity index (χ2v) is 7.92. The number of halogens is 1. The van der Waals surface area contributed by atoms with Crippen LogP contribution in [0.4, 0.5) is 16.2 Å². The van der Waals surface area contributed by atoms with E-state index in [2.05, 4.69) is 10.4 Å². The van der Waals surface area contributed by atoms with Crippen molar-refractivity contribution in [1.82, 2.24) is 14.8 Å². The number of para-hydroxylation sites is 1. The van der Waals surface area contributed by atoms with Gasteiger partial charge in [-0.05, 0) is 37.1 Å². The number of hydrogen-bond acceptors (Lipinski definition) is 5. The predicted octanol–water partition coefficient (Wildman–Crippen LogP) is 4.91. The second kappa shape index (κ2) is 9.91. The van der Waals surface area contributed by atoms with Gasteiger partial charge in [0.05, 0.1) is 31.5 Å². The third-order valence-corrected chi connectivity index (χ3v) is 5.73. The fraction of sp³-hybridized carbons (Fsp3) is 0.348. The number of aromatic nitrogens is 3. The van der Waals surface area contributed by atoms with E-state index in [9.17, 15) is 4.79 Å². The molecule has 0 radical (unpaired) electrons. The van der Waals surface area contributed by atoms with Gasteiger partial charge < -0.3 is 14.8 Å². The van der Waals surface area contributed by atoms with E-state index in [1.807, 2.05) is 16.8 Å². The predicted molar refractivity (Wildman–Crippen MR) is 124 cm³/mol. The van der Waals surface area contributed by atoms with Crippen molar-refractivity contribution in [3.05, 3.63) is 59.1 Å². The van der Waals surface area contributed by atoms with Crippen molar-refractivity contribution in [1.29, 1.82) is 0 Å². The Balaban J connectivity index is 1.66. The summed E-state index contributed by atoms with van der Waals surface area (Å²) in [6.07, 6.45) is 4.26. The molecule has 0 atom stereocenters. The minimum Gasteiger partial charge on any atom is -0.493 e. The molecule has 0 saturated heterocycles. The molecule has 1 aromatic heterocycles. The number of carbonyl (C=O) groups is 1. The lowest BCUT2D eigenvalue weighted by atomic mass is 10.2. The molecule has 4 rings (SSSR count). The van der Waals surface area contributed by atoms with E-state index in [0.29, 0.717) is 33.7 Å². The highest BCUT2D eigenvalue weighted by Gasteiger charge is 2.22. The number of hydrogen-bond donors (Lipinski definition) is 1. The number of benzene rings is 2. The van der Waals surface area contributed by atoms with Gasteiger partial charge in [0.25, 0.3) is 0 Å². The Bertz CT molecular complexity index is 1080. The molecule has 0 saturated carbocycles. The maximum absolute atomic E-state index is 13.3. The smallest absolute Gasteiger partial charge is 0.326 e. The summed E-state index contributed by atoms with van der Waals surface area (Å²) in [5.74, 6) is 2.66. The van der Waals surface area contributed by atoms with Crippen molar-refractivity contribution in [2.24, 2.45) is 0 Å². The zero-order valence-electron chi connectivity index (χ0n) is 18.2. The first-order chi connectivity index (χ1) is 15.6. The molecule has 0 aliphatic carbocycles. The molecule has 1 N–H and O–H groups in total. The van der Waals surface area contributed by atoms with Crippen LogP contribution >= 0.6 is 11.6 Å². The van der Waals surface area contributed by atoms with Crippen LogP contribution in [-0.2, 0) is 19.5 Å². The maximum Gasteiger partial charge on any atom is 0.326 e. The lowest BCUT2D eigenvalue weighted by molar-refractivity contribution is 0.256. The largest absolute Gasteiger partial charge is 0.493 e. The van der Waals surface area contributed by atoms with Crippen molar-refractivity contribution in [2.45, 2.75) is 38.8 Å². The first-order valence-electron chi connectivity index (χ1n) is 10.6. The number of anilines is 2. The van der Waals surface area contributed by atoms with Gasteiger partial charge in [0, 0.05) is 24.7 Å². The number of amides is 2. The van der Waals surface area contributed by atoms with Gasteiger partial charge in [0.15, 0.2) is 17.3 Å². The molecule has 1 aliphatic heterocycles. The van der Waals surface area contributed by atoms with Crippen LogP contribution < -0.4 is 19.7 Å². The van der Waals surface area contributed by atoms with E-state index in [4.69, 9.17) is 26.1 Å². The van der Waals surface area contributed by atoms with Crippen molar-refractivity contribution in [2.75, 3.05) is 24.4 Å². The summed E-state index contributed by atoms with van der Waals surface area (Å²) in [6, 6.07) is 12.1. The molecule has 9 heteroatoms. The minimum atomic E-state index is -0.352. The summed E-state index contributed by atoms with van der Waals surface area (Å²) in [5.41, 5.74) is 1.15. The number of carbonyl (C=O) groups excluding carboxylic acids is 1. The SMILES string of the molecule is COc1ccc(N(Cc2nc3n(n2)CCCCC3)C(=O)Nc2ccccc2Cl)cc1OC. The van der Waals surface area contributed by atoms with Crippen LogP contribution in [0, 0.1) is 0 Å². The van der Waals surface area contributed by atoms with Crippen LogP contribution in [0.2, 0.25) is 5.02 Å². The van der Waals surface area contributed by atoms with Crippen LogP contribution in [0.25, 0.3) is 0 Å². The Morgan fingerprint density at radius 3 is 2.72 bits per heavy atom. The molecule has 8 nitrogen and oxygen atoms in total. The normalized spacial score (nSPS) is 13.1. The first-order valence-corrected chi connectivity index (χ1v) is 10.9. The van der Waals surface area contributed by atoms with Gasteiger partial charge in [-0.15, -0.1) is 0 Å². The summed E-state index contributed by atoms with van der Waals surface area (Å²) < 4.78 is 12.7. The van der Waals surface area contributed by atoms with E-state index in [1.165, 1.54) is 6.42 Å². The number of rotatable bonds is 6. The van der Waals surface area contributed by atoms with Crippen molar-refractivity contribution in [3.63, 3.8) is 0 Å². The number of ether oxygens (including phenoxy) is 2. The Morgan fingerprint density at radius 1 is 1.12 bits per heavy atom. The molecule has 168 valence electrons. The highest BCUT2D eigenvalue weighted by molar-refractivity contribution is 6.33. The van der Waals surface area contributed by atoms with Crippen molar-refractivity contribution in [3.8, 4) is 11.5 Å². The molecule has 0 unspecified atom stereocenters. The molecule has 0 spiro atoms. The van der Waals surface area contributed by atoms with Crippen LogP contribution in [-0.4, -0.2) is 35.0 Å². The van der Waals surface area contributed by atoms with E-state index in [1.54, 1.807) is 49.5 Å². The number of fused-ring (bicyclic) bond motifs is 1. The Hall–Kier alpha value is -3.26. The summed E-state index contributed by atoms with van der Waals surface area (Å²) >= 11 is 6.25. The zero-order chi connectivity index (χ0) is 22.5. The van der Waals surface area contributed by atoms with E-state index >= 15 is 0 Å². The maximum atomic E-state index is 13.3. The highest BCUT2D eigenvalue weighted by Crippen LogP contribution is 2.32. The van der Waals surface area contributed by atoms with E-state index < -0.39 is 0 Å². The number of aryl methyl sites for hydroxylation is 2. The lowest BCUT2D eigenvalue weighted by Gasteiger charge is -2.23. The van der Waals surface area contributed by atoms with Gasteiger partial charge in [-0.2, -0.15) is 5.10 Å². The fourth-order valence-corrected chi connectivity index (χ4v) is 3.92. The standard InChI is InChI=1S/C23H26ClN5O3/c1-31-19-12-11-16(14-20(19)32-2)28(23(30)25-18-9-6-5-8-17(18)24)15-21-26-22-10-4-3-7-13-29(22)27-21/h5-6,8-9,11-12,14H,3-4,7,10,13,15H2,1-2H3,(H,25,30). The average molecular weight is 456 g/mol. The van der Waals surface area contributed by atoms with Gasteiger partial charge in [-0.1, -0.05) is 30.2 Å². The van der Waals surface area contributed by atoms with E-state index in [0.717, 1.165) is 31.6 Å². The lowest BCUT2D eigenvalue weighted by Crippen LogP contribution is -2.35. The number of nitrogens with one attached hydrogen (secondary N) is 1. The van der Waals surface area contributed by atoms with Gasteiger partial charge in [0.2, 0.25) is 0 Å². The Morgan fingerprint density at radius 2 is 1.94 bits per heavy atom. The van der Waals surface area contributed by atoms with Crippen LogP contribution in [0.5, 0.6) is 11.5 Å².